The van der Waals surface area contributed by atoms with Crippen LogP contribution in [0.2, 0.25) is 0 Å². The van der Waals surface area contributed by atoms with Crippen molar-refractivity contribution in [1.82, 2.24) is 5.48 Å². The number of phenols is 2. The minimum atomic E-state index is -2.43. The summed E-state index contributed by atoms with van der Waals surface area (Å²) in [5.41, 5.74) is 2.00. The first-order valence-corrected chi connectivity index (χ1v) is 7.20. The number of ether oxygens (including phenoxy) is 1. The molecule has 1 aliphatic rings. The second kappa shape index (κ2) is 6.08. The summed E-state index contributed by atoms with van der Waals surface area (Å²) in [5, 5.41) is 30.4. The fourth-order valence-corrected chi connectivity index (χ4v) is 2.41. The summed E-state index contributed by atoms with van der Waals surface area (Å²) in [6.07, 6.45) is 1.07. The summed E-state index contributed by atoms with van der Waals surface area (Å²) in [4.78, 5) is 16.1. The summed E-state index contributed by atoms with van der Waals surface area (Å²) in [7, 11) is 0. The van der Waals surface area contributed by atoms with Crippen LogP contribution in [0.1, 0.15) is 18.1 Å². The Hall–Kier alpha value is -3.10. The van der Waals surface area contributed by atoms with Crippen molar-refractivity contribution in [3.63, 3.8) is 0 Å². The average Bonchev–Trinajstić information content (AvgIpc) is 2.58. The number of aromatic hydroxyl groups is 2. The van der Waals surface area contributed by atoms with Gasteiger partial charge in [0.05, 0.1) is 0 Å². The maximum Gasteiger partial charge on any atom is 0.248 e. The van der Waals surface area contributed by atoms with Gasteiger partial charge >= 0.3 is 0 Å². The summed E-state index contributed by atoms with van der Waals surface area (Å²) in [5.74, 6) is -6.46. The van der Waals surface area contributed by atoms with Gasteiger partial charge in [0, 0.05) is 24.6 Å². The number of rotatable bonds is 3. The molecule has 2 aromatic rings. The van der Waals surface area contributed by atoms with Gasteiger partial charge in [-0.25, -0.2) is 10.3 Å². The van der Waals surface area contributed by atoms with E-state index in [4.69, 9.17) is 9.57 Å². The standard InChI is InChI=1S/C17H14FNO6/c1-9(20)19-25-17(23)8-13(10-5-3-2-4-6-10)24-12-7-11(21)15(18)16(22)14(12)17/h2-8,21-23H,1H3,(H,19,20). The van der Waals surface area contributed by atoms with Gasteiger partial charge in [-0.15, -0.1) is 0 Å². The maximum absolute atomic E-state index is 13.9. The van der Waals surface area contributed by atoms with Crippen molar-refractivity contribution in [3.8, 4) is 17.2 Å². The van der Waals surface area contributed by atoms with Crippen LogP contribution in [0.5, 0.6) is 17.2 Å². The van der Waals surface area contributed by atoms with Crippen molar-refractivity contribution >= 4 is 11.7 Å². The van der Waals surface area contributed by atoms with E-state index in [0.29, 0.717) is 5.56 Å². The smallest absolute Gasteiger partial charge is 0.248 e. The predicted octanol–water partition coefficient (Wildman–Crippen LogP) is 1.88. The molecule has 0 saturated heterocycles. The van der Waals surface area contributed by atoms with Crippen LogP contribution >= 0.6 is 0 Å². The van der Waals surface area contributed by atoms with Crippen molar-refractivity contribution in [2.75, 3.05) is 0 Å². The van der Waals surface area contributed by atoms with Gasteiger partial charge in [0.25, 0.3) is 0 Å². The first-order valence-electron chi connectivity index (χ1n) is 7.20. The number of fused-ring (bicyclic) bond motifs is 1. The van der Waals surface area contributed by atoms with E-state index >= 15 is 0 Å². The van der Waals surface area contributed by atoms with E-state index in [1.165, 1.54) is 0 Å². The quantitative estimate of drug-likeness (QED) is 0.499. The monoisotopic (exact) mass is 347 g/mol. The molecule has 0 aliphatic carbocycles. The van der Waals surface area contributed by atoms with Crippen molar-refractivity contribution in [3.05, 3.63) is 59.4 Å². The van der Waals surface area contributed by atoms with Gasteiger partial charge in [-0.3, -0.25) is 4.79 Å². The van der Waals surface area contributed by atoms with E-state index < -0.39 is 34.6 Å². The lowest BCUT2D eigenvalue weighted by Crippen LogP contribution is -2.38. The topological polar surface area (TPSA) is 108 Å². The molecule has 3 rings (SSSR count). The largest absolute Gasteiger partial charge is 0.505 e. The number of aliphatic hydroxyl groups is 1. The Morgan fingerprint density at radius 2 is 1.96 bits per heavy atom. The van der Waals surface area contributed by atoms with Gasteiger partial charge in [-0.1, -0.05) is 30.3 Å². The van der Waals surface area contributed by atoms with Crippen LogP contribution < -0.4 is 10.2 Å². The van der Waals surface area contributed by atoms with E-state index in [2.05, 4.69) is 0 Å². The first kappa shape index (κ1) is 16.7. The minimum absolute atomic E-state index is 0.117. The highest BCUT2D eigenvalue weighted by molar-refractivity contribution is 5.72. The number of hydroxylamine groups is 1. The van der Waals surface area contributed by atoms with Crippen molar-refractivity contribution in [2.45, 2.75) is 12.7 Å². The summed E-state index contributed by atoms with van der Waals surface area (Å²) >= 11 is 0. The molecule has 0 fully saturated rings. The molecule has 2 aromatic carbocycles. The highest BCUT2D eigenvalue weighted by Crippen LogP contribution is 2.48. The summed E-state index contributed by atoms with van der Waals surface area (Å²) < 4.78 is 19.4. The van der Waals surface area contributed by atoms with Gasteiger partial charge in [0.15, 0.2) is 11.5 Å². The molecule has 130 valence electrons. The summed E-state index contributed by atoms with van der Waals surface area (Å²) in [6, 6.07) is 9.47. The lowest BCUT2D eigenvalue weighted by molar-refractivity contribution is -0.218. The zero-order valence-electron chi connectivity index (χ0n) is 13.0. The molecule has 1 unspecified atom stereocenters. The van der Waals surface area contributed by atoms with Crippen LogP contribution in [0.4, 0.5) is 4.39 Å². The van der Waals surface area contributed by atoms with Crippen LogP contribution in [0.25, 0.3) is 5.76 Å². The highest BCUT2D eigenvalue weighted by Gasteiger charge is 2.42. The Labute approximate surface area is 141 Å². The Bertz CT molecular complexity index is 867. The number of phenolic OH excluding ortho intramolecular Hbond substituents is 2. The third-order valence-corrected chi connectivity index (χ3v) is 3.50. The third-order valence-electron chi connectivity index (χ3n) is 3.50. The predicted molar refractivity (Wildman–Crippen MR) is 83.6 cm³/mol. The van der Waals surface area contributed by atoms with Crippen molar-refractivity contribution in [1.29, 1.82) is 0 Å². The lowest BCUT2D eigenvalue weighted by Gasteiger charge is -2.32. The molecule has 7 nitrogen and oxygen atoms in total. The van der Waals surface area contributed by atoms with E-state index in [1.54, 1.807) is 30.3 Å². The third kappa shape index (κ3) is 3.00. The van der Waals surface area contributed by atoms with Crippen molar-refractivity contribution < 1.29 is 34.1 Å². The number of nitrogens with one attached hydrogen (secondary N) is 1. The Morgan fingerprint density at radius 3 is 2.60 bits per heavy atom. The van der Waals surface area contributed by atoms with E-state index in [-0.39, 0.29) is 11.5 Å². The SMILES string of the molecule is CC(=O)NOC1(O)C=C(c2ccccc2)Oc2cc(O)c(F)c(O)c21. The zero-order chi connectivity index (χ0) is 18.2. The minimum Gasteiger partial charge on any atom is -0.505 e. The number of hydrogen-bond donors (Lipinski definition) is 4. The molecule has 1 amide bonds. The second-order valence-corrected chi connectivity index (χ2v) is 5.36. The van der Waals surface area contributed by atoms with E-state index in [9.17, 15) is 24.5 Å². The summed E-state index contributed by atoms with van der Waals surface area (Å²) in [6.45, 7) is 1.14. The molecule has 0 saturated carbocycles. The molecule has 0 bridgehead atoms. The van der Waals surface area contributed by atoms with Gasteiger partial charge in [0.1, 0.15) is 17.1 Å². The molecule has 0 radical (unpaired) electrons. The van der Waals surface area contributed by atoms with Crippen LogP contribution in [-0.2, 0) is 15.4 Å². The number of carbonyl (C=O) groups is 1. The number of benzene rings is 2. The lowest BCUT2D eigenvalue weighted by atomic mass is 9.97. The van der Waals surface area contributed by atoms with E-state index in [0.717, 1.165) is 19.1 Å². The van der Waals surface area contributed by atoms with Crippen LogP contribution in [0.15, 0.2) is 42.5 Å². The normalized spacial score (nSPS) is 18.8. The van der Waals surface area contributed by atoms with Crippen LogP contribution in [0, 0.1) is 5.82 Å². The molecular weight excluding hydrogens is 333 g/mol. The van der Waals surface area contributed by atoms with Crippen LogP contribution in [-0.4, -0.2) is 21.2 Å². The molecule has 4 N–H and O–H groups in total. The molecule has 25 heavy (non-hydrogen) atoms. The molecule has 0 aromatic heterocycles. The molecule has 1 heterocycles. The fourth-order valence-electron chi connectivity index (χ4n) is 2.41. The Morgan fingerprint density at radius 1 is 1.28 bits per heavy atom. The average molecular weight is 347 g/mol. The Kier molecular flexibility index (Phi) is 4.07. The molecule has 1 aliphatic heterocycles. The molecule has 1 atom stereocenters. The van der Waals surface area contributed by atoms with E-state index in [1.807, 2.05) is 5.48 Å². The number of amides is 1. The van der Waals surface area contributed by atoms with Gasteiger partial charge in [-0.2, -0.15) is 4.39 Å². The zero-order valence-corrected chi connectivity index (χ0v) is 13.0. The second-order valence-electron chi connectivity index (χ2n) is 5.36. The molecular formula is C17H14FNO6. The highest BCUT2D eigenvalue weighted by atomic mass is 19.1. The molecule has 8 heteroatoms. The number of halogens is 1. The fraction of sp³-hybridized carbons (Fsp3) is 0.118. The van der Waals surface area contributed by atoms with Crippen LogP contribution in [0.3, 0.4) is 0 Å². The van der Waals surface area contributed by atoms with Gasteiger partial charge in [-0.05, 0) is 0 Å². The van der Waals surface area contributed by atoms with Gasteiger partial charge < -0.3 is 20.1 Å². The number of hydrogen-bond acceptors (Lipinski definition) is 6. The molecule has 0 spiro atoms. The first-order chi connectivity index (χ1) is 11.8. The Balaban J connectivity index is 2.17. The van der Waals surface area contributed by atoms with Gasteiger partial charge in [0.2, 0.25) is 17.5 Å². The maximum atomic E-state index is 13.9. The van der Waals surface area contributed by atoms with Crippen molar-refractivity contribution in [2.24, 2.45) is 0 Å². The number of carbonyl (C=O) groups excluding carboxylic acids is 1.